The molecule has 2 rings (SSSR count). The molecule has 0 aliphatic heterocycles. The zero-order chi connectivity index (χ0) is 10.2. The molecular weight excluding hydrogens is 226 g/mol. The first-order chi connectivity index (χ1) is 6.56. The highest BCUT2D eigenvalue weighted by molar-refractivity contribution is 8.13. The molecule has 74 valence electrons. The molecule has 0 saturated heterocycles. The van der Waals surface area contributed by atoms with Crippen molar-refractivity contribution in [2.75, 3.05) is 0 Å². The van der Waals surface area contributed by atoms with Crippen LogP contribution in [0.25, 0.3) is 11.0 Å². The maximum atomic E-state index is 10.8. The minimum absolute atomic E-state index is 0.243. The minimum atomic E-state index is -3.55. The minimum Gasteiger partial charge on any atom is -0.464 e. The van der Waals surface area contributed by atoms with Crippen LogP contribution in [-0.2, 0) is 14.8 Å². The number of hydrogen-bond donors (Lipinski definition) is 0. The fourth-order valence-corrected chi connectivity index (χ4v) is 2.17. The first-order valence-corrected chi connectivity index (χ1v) is 6.26. The average Bonchev–Trinajstić information content (AvgIpc) is 2.47. The molecule has 0 amide bonds. The Hall–Kier alpha value is -1.07. The van der Waals surface area contributed by atoms with Gasteiger partial charge in [0.25, 0.3) is 0 Å². The zero-order valence-corrected chi connectivity index (χ0v) is 8.55. The molecule has 0 N–H and O–H groups in total. The highest BCUT2D eigenvalue weighted by Gasteiger charge is 2.12. The number of nitrogens with zero attached hydrogens (tertiary/aromatic N) is 1. The van der Waals surface area contributed by atoms with Crippen LogP contribution < -0.4 is 0 Å². The van der Waals surface area contributed by atoms with Crippen molar-refractivity contribution in [1.29, 1.82) is 0 Å². The van der Waals surface area contributed by atoms with Gasteiger partial charge in [-0.25, -0.2) is 8.42 Å². The topological polar surface area (TPSA) is 60.2 Å². The van der Waals surface area contributed by atoms with Gasteiger partial charge in [0, 0.05) is 34.0 Å². The second kappa shape index (κ2) is 3.25. The SMILES string of the molecule is O=S(=O)(Cl)Cc1coc2ccncc12. The van der Waals surface area contributed by atoms with Gasteiger partial charge in [0.15, 0.2) is 0 Å². The Morgan fingerprint density at radius 2 is 2.29 bits per heavy atom. The predicted octanol–water partition coefficient (Wildman–Crippen LogP) is 1.90. The largest absolute Gasteiger partial charge is 0.464 e. The molecule has 2 aromatic rings. The van der Waals surface area contributed by atoms with Crippen molar-refractivity contribution in [2.24, 2.45) is 0 Å². The second-order valence-corrected chi connectivity index (χ2v) is 5.59. The van der Waals surface area contributed by atoms with E-state index in [9.17, 15) is 8.42 Å². The normalized spacial score (nSPS) is 12.1. The lowest BCUT2D eigenvalue weighted by Gasteiger charge is -1.92. The number of halogens is 1. The number of furan rings is 1. The summed E-state index contributed by atoms with van der Waals surface area (Å²) in [6.45, 7) is 0. The Morgan fingerprint density at radius 3 is 3.00 bits per heavy atom. The fourth-order valence-electron chi connectivity index (χ4n) is 1.22. The van der Waals surface area contributed by atoms with Crippen LogP contribution in [0.5, 0.6) is 0 Å². The first kappa shape index (κ1) is 9.48. The van der Waals surface area contributed by atoms with Crippen LogP contribution in [0, 0.1) is 0 Å². The van der Waals surface area contributed by atoms with Crippen molar-refractivity contribution >= 4 is 30.7 Å². The van der Waals surface area contributed by atoms with Crippen molar-refractivity contribution in [3.05, 3.63) is 30.3 Å². The molecule has 0 saturated carbocycles. The van der Waals surface area contributed by atoms with E-state index in [1.807, 2.05) is 0 Å². The van der Waals surface area contributed by atoms with Gasteiger partial charge in [-0.15, -0.1) is 0 Å². The summed E-state index contributed by atoms with van der Waals surface area (Å²) in [6.07, 6.45) is 4.51. The van der Waals surface area contributed by atoms with Gasteiger partial charge in [-0.3, -0.25) is 4.98 Å². The second-order valence-electron chi connectivity index (χ2n) is 2.82. The lowest BCUT2D eigenvalue weighted by molar-refractivity contribution is 0.602. The van der Waals surface area contributed by atoms with Crippen LogP contribution in [-0.4, -0.2) is 13.4 Å². The third kappa shape index (κ3) is 1.88. The van der Waals surface area contributed by atoms with E-state index in [0.717, 1.165) is 0 Å². The summed E-state index contributed by atoms with van der Waals surface area (Å²) in [5.41, 5.74) is 1.14. The summed E-state index contributed by atoms with van der Waals surface area (Å²) in [7, 11) is 1.58. The van der Waals surface area contributed by atoms with Gasteiger partial charge >= 0.3 is 0 Å². The monoisotopic (exact) mass is 231 g/mol. The predicted molar refractivity (Wildman–Crippen MR) is 52.5 cm³/mol. The molecule has 2 aromatic heterocycles. The van der Waals surface area contributed by atoms with E-state index in [-0.39, 0.29) is 5.75 Å². The van der Waals surface area contributed by atoms with Crippen LogP contribution in [0.2, 0.25) is 0 Å². The maximum absolute atomic E-state index is 10.8. The van der Waals surface area contributed by atoms with E-state index in [1.165, 1.54) is 6.26 Å². The zero-order valence-electron chi connectivity index (χ0n) is 6.97. The van der Waals surface area contributed by atoms with Crippen LogP contribution in [0.4, 0.5) is 0 Å². The van der Waals surface area contributed by atoms with Crippen LogP contribution in [0.3, 0.4) is 0 Å². The molecule has 0 bridgehead atoms. The quantitative estimate of drug-likeness (QED) is 0.741. The summed E-state index contributed by atoms with van der Waals surface area (Å²) >= 11 is 0. The molecule has 0 atom stereocenters. The third-order valence-electron chi connectivity index (χ3n) is 1.78. The Balaban J connectivity index is 2.54. The molecule has 4 nitrogen and oxygen atoms in total. The van der Waals surface area contributed by atoms with Gasteiger partial charge in [-0.1, -0.05) is 0 Å². The van der Waals surface area contributed by atoms with Crippen LogP contribution >= 0.6 is 10.7 Å². The smallest absolute Gasteiger partial charge is 0.236 e. The number of pyridine rings is 1. The Kier molecular flexibility index (Phi) is 2.20. The van der Waals surface area contributed by atoms with Crippen LogP contribution in [0.1, 0.15) is 5.56 Å². The molecule has 0 spiro atoms. The molecule has 0 unspecified atom stereocenters. The van der Waals surface area contributed by atoms with Crippen molar-refractivity contribution in [1.82, 2.24) is 4.98 Å². The molecule has 0 radical (unpaired) electrons. The lowest BCUT2D eigenvalue weighted by Crippen LogP contribution is -1.93. The summed E-state index contributed by atoms with van der Waals surface area (Å²) in [6, 6.07) is 1.67. The van der Waals surface area contributed by atoms with E-state index in [0.29, 0.717) is 16.5 Å². The number of fused-ring (bicyclic) bond motifs is 1. The number of rotatable bonds is 2. The van der Waals surface area contributed by atoms with Crippen molar-refractivity contribution in [2.45, 2.75) is 5.75 Å². The molecule has 0 aliphatic rings. The third-order valence-corrected chi connectivity index (χ3v) is 2.77. The van der Waals surface area contributed by atoms with Crippen molar-refractivity contribution in [3.8, 4) is 0 Å². The molecule has 0 fully saturated rings. The Bertz CT molecular complexity index is 561. The highest BCUT2D eigenvalue weighted by Crippen LogP contribution is 2.22. The Labute approximate surface area is 84.9 Å². The van der Waals surface area contributed by atoms with Gasteiger partial charge in [0.2, 0.25) is 9.05 Å². The summed E-state index contributed by atoms with van der Waals surface area (Å²) in [5, 5.41) is 0.678. The van der Waals surface area contributed by atoms with E-state index in [2.05, 4.69) is 4.98 Å². The van der Waals surface area contributed by atoms with E-state index >= 15 is 0 Å². The molecule has 2 heterocycles. The van der Waals surface area contributed by atoms with Crippen LogP contribution in [0.15, 0.2) is 29.1 Å². The first-order valence-electron chi connectivity index (χ1n) is 3.79. The standard InChI is InChI=1S/C8H6ClNO3S/c9-14(11,12)5-6-4-13-8-1-2-10-3-7(6)8/h1-4H,5H2. The number of hydrogen-bond acceptors (Lipinski definition) is 4. The highest BCUT2D eigenvalue weighted by atomic mass is 35.7. The van der Waals surface area contributed by atoms with Gasteiger partial charge in [0.1, 0.15) is 5.58 Å². The number of aromatic nitrogens is 1. The lowest BCUT2D eigenvalue weighted by atomic mass is 10.2. The van der Waals surface area contributed by atoms with E-state index in [4.69, 9.17) is 15.1 Å². The molecule has 0 aromatic carbocycles. The average molecular weight is 232 g/mol. The van der Waals surface area contributed by atoms with E-state index < -0.39 is 9.05 Å². The van der Waals surface area contributed by atoms with Gasteiger partial charge < -0.3 is 4.42 Å². The molecule has 0 aliphatic carbocycles. The van der Waals surface area contributed by atoms with Gasteiger partial charge in [-0.2, -0.15) is 0 Å². The van der Waals surface area contributed by atoms with Crippen molar-refractivity contribution < 1.29 is 12.8 Å². The fraction of sp³-hybridized carbons (Fsp3) is 0.125. The summed E-state index contributed by atoms with van der Waals surface area (Å²) in [4.78, 5) is 3.88. The maximum Gasteiger partial charge on any atom is 0.236 e. The molecular formula is C8H6ClNO3S. The summed E-state index contributed by atoms with van der Waals surface area (Å²) < 4.78 is 26.8. The molecule has 14 heavy (non-hydrogen) atoms. The van der Waals surface area contributed by atoms with E-state index in [1.54, 1.807) is 18.5 Å². The Morgan fingerprint density at radius 1 is 1.50 bits per heavy atom. The van der Waals surface area contributed by atoms with Gasteiger partial charge in [-0.05, 0) is 6.07 Å². The van der Waals surface area contributed by atoms with Crippen molar-refractivity contribution in [3.63, 3.8) is 0 Å². The van der Waals surface area contributed by atoms with Gasteiger partial charge in [0.05, 0.1) is 12.0 Å². The summed E-state index contributed by atoms with van der Waals surface area (Å²) in [5.74, 6) is -0.243. The molecule has 6 heteroatoms.